The maximum Gasteiger partial charge on any atom is 0.236 e. The number of nitrogens with zero attached hydrogens (tertiary/aromatic N) is 1. The van der Waals surface area contributed by atoms with Gasteiger partial charge in [0.2, 0.25) is 5.91 Å². The standard InChI is InChI=1S/C21H25ClN2O3/c1-14(17-6-4-5-7-18(17)22)23-12-21(25)24-9-8-15-10-19(26-2)20(27-3)11-16(15)13-24/h4-7,10-11,14,23H,8-9,12-13H2,1-3H3/t14-/m0/s1. The quantitative estimate of drug-likeness (QED) is 0.821. The fourth-order valence-corrected chi connectivity index (χ4v) is 3.68. The molecule has 2 aromatic rings. The SMILES string of the molecule is COc1cc2c(cc1OC)CN(C(=O)CN[C@@H](C)c1ccccc1Cl)CC2. The van der Waals surface area contributed by atoms with Crippen molar-refractivity contribution in [3.63, 3.8) is 0 Å². The van der Waals surface area contributed by atoms with Crippen LogP contribution in [0.3, 0.4) is 0 Å². The predicted octanol–water partition coefficient (Wildman–Crippen LogP) is 3.59. The molecule has 1 atom stereocenters. The molecule has 0 saturated heterocycles. The molecule has 0 radical (unpaired) electrons. The maximum absolute atomic E-state index is 12.7. The number of amides is 1. The third-order valence-corrected chi connectivity index (χ3v) is 5.35. The van der Waals surface area contributed by atoms with Crippen LogP contribution in [0.2, 0.25) is 5.02 Å². The Bertz CT molecular complexity index is 825. The minimum Gasteiger partial charge on any atom is -0.493 e. The van der Waals surface area contributed by atoms with Crippen LogP contribution in [0.15, 0.2) is 36.4 Å². The molecular weight excluding hydrogens is 364 g/mol. The van der Waals surface area contributed by atoms with Crippen LogP contribution in [-0.4, -0.2) is 38.1 Å². The Kier molecular flexibility index (Phi) is 6.24. The number of hydrogen-bond donors (Lipinski definition) is 1. The first-order valence-corrected chi connectivity index (χ1v) is 9.40. The van der Waals surface area contributed by atoms with Crippen LogP contribution in [-0.2, 0) is 17.8 Å². The summed E-state index contributed by atoms with van der Waals surface area (Å²) in [6.07, 6.45) is 0.807. The van der Waals surface area contributed by atoms with E-state index in [4.69, 9.17) is 21.1 Å². The number of halogens is 1. The van der Waals surface area contributed by atoms with E-state index in [1.54, 1.807) is 14.2 Å². The second-order valence-electron chi connectivity index (χ2n) is 6.67. The highest BCUT2D eigenvalue weighted by Gasteiger charge is 2.23. The van der Waals surface area contributed by atoms with E-state index in [9.17, 15) is 4.79 Å². The van der Waals surface area contributed by atoms with E-state index < -0.39 is 0 Å². The highest BCUT2D eigenvalue weighted by molar-refractivity contribution is 6.31. The summed E-state index contributed by atoms with van der Waals surface area (Å²) in [7, 11) is 3.25. The molecule has 0 saturated carbocycles. The summed E-state index contributed by atoms with van der Waals surface area (Å²) in [6.45, 7) is 3.56. The first-order chi connectivity index (χ1) is 13.0. The smallest absolute Gasteiger partial charge is 0.236 e. The van der Waals surface area contributed by atoms with Crippen LogP contribution in [0, 0.1) is 0 Å². The summed E-state index contributed by atoms with van der Waals surface area (Å²) >= 11 is 6.24. The Morgan fingerprint density at radius 2 is 1.85 bits per heavy atom. The summed E-state index contributed by atoms with van der Waals surface area (Å²) < 4.78 is 10.8. The monoisotopic (exact) mass is 388 g/mol. The zero-order chi connectivity index (χ0) is 19.4. The van der Waals surface area contributed by atoms with Crippen LogP contribution in [0.25, 0.3) is 0 Å². The number of carbonyl (C=O) groups is 1. The Morgan fingerprint density at radius 1 is 1.19 bits per heavy atom. The molecule has 0 aromatic heterocycles. The van der Waals surface area contributed by atoms with E-state index >= 15 is 0 Å². The molecule has 1 aliphatic rings. The van der Waals surface area contributed by atoms with Gasteiger partial charge < -0.3 is 19.7 Å². The van der Waals surface area contributed by atoms with Gasteiger partial charge in [-0.15, -0.1) is 0 Å². The lowest BCUT2D eigenvalue weighted by atomic mass is 9.98. The van der Waals surface area contributed by atoms with Gasteiger partial charge in [0.05, 0.1) is 20.8 Å². The molecule has 3 rings (SSSR count). The maximum atomic E-state index is 12.7. The highest BCUT2D eigenvalue weighted by atomic mass is 35.5. The van der Waals surface area contributed by atoms with Gasteiger partial charge in [0.1, 0.15) is 0 Å². The molecule has 0 spiro atoms. The topological polar surface area (TPSA) is 50.8 Å². The molecule has 1 aliphatic heterocycles. The predicted molar refractivity (Wildman–Crippen MR) is 107 cm³/mol. The fraction of sp³-hybridized carbons (Fsp3) is 0.381. The average Bonchev–Trinajstić information content (AvgIpc) is 2.70. The second kappa shape index (κ2) is 8.63. The van der Waals surface area contributed by atoms with Gasteiger partial charge in [-0.2, -0.15) is 0 Å². The summed E-state index contributed by atoms with van der Waals surface area (Å²) in [5.41, 5.74) is 3.30. The second-order valence-corrected chi connectivity index (χ2v) is 7.07. The molecule has 1 heterocycles. The minimum atomic E-state index is 0.00378. The van der Waals surface area contributed by atoms with Gasteiger partial charge in [-0.05, 0) is 48.2 Å². The number of carbonyl (C=O) groups excluding carboxylic acids is 1. The van der Waals surface area contributed by atoms with Crippen LogP contribution in [0.1, 0.15) is 29.7 Å². The van der Waals surface area contributed by atoms with E-state index in [-0.39, 0.29) is 18.5 Å². The Labute approximate surface area is 165 Å². The summed E-state index contributed by atoms with van der Waals surface area (Å²) in [6, 6.07) is 11.7. The van der Waals surface area contributed by atoms with Crippen LogP contribution in [0.4, 0.5) is 0 Å². The van der Waals surface area contributed by atoms with Crippen molar-refractivity contribution >= 4 is 17.5 Å². The van der Waals surface area contributed by atoms with E-state index in [0.29, 0.717) is 23.9 Å². The molecule has 1 amide bonds. The Balaban J connectivity index is 1.63. The lowest BCUT2D eigenvalue weighted by Crippen LogP contribution is -2.41. The van der Waals surface area contributed by atoms with Gasteiger partial charge in [-0.3, -0.25) is 4.79 Å². The van der Waals surface area contributed by atoms with Crippen LogP contribution < -0.4 is 14.8 Å². The van der Waals surface area contributed by atoms with Gasteiger partial charge in [0.25, 0.3) is 0 Å². The molecule has 5 nitrogen and oxygen atoms in total. The highest BCUT2D eigenvalue weighted by Crippen LogP contribution is 2.33. The van der Waals surface area contributed by atoms with Crippen LogP contribution in [0.5, 0.6) is 11.5 Å². The van der Waals surface area contributed by atoms with E-state index in [1.165, 1.54) is 5.56 Å². The van der Waals surface area contributed by atoms with Gasteiger partial charge in [0, 0.05) is 24.2 Å². The van der Waals surface area contributed by atoms with Crippen LogP contribution >= 0.6 is 11.6 Å². The minimum absolute atomic E-state index is 0.00378. The normalized spacial score (nSPS) is 14.4. The molecule has 0 bridgehead atoms. The number of benzene rings is 2. The Morgan fingerprint density at radius 3 is 2.52 bits per heavy atom. The lowest BCUT2D eigenvalue weighted by molar-refractivity contribution is -0.131. The molecule has 27 heavy (non-hydrogen) atoms. The molecular formula is C21H25ClN2O3. The van der Waals surface area contributed by atoms with Gasteiger partial charge in [0.15, 0.2) is 11.5 Å². The van der Waals surface area contributed by atoms with Crippen molar-refractivity contribution in [2.24, 2.45) is 0 Å². The molecule has 0 fully saturated rings. The molecule has 6 heteroatoms. The third kappa shape index (κ3) is 4.37. The number of fused-ring (bicyclic) bond motifs is 1. The number of ether oxygens (including phenoxy) is 2. The number of hydrogen-bond acceptors (Lipinski definition) is 4. The van der Waals surface area contributed by atoms with E-state index in [2.05, 4.69) is 5.32 Å². The Hall–Kier alpha value is -2.24. The molecule has 2 aromatic carbocycles. The largest absolute Gasteiger partial charge is 0.493 e. The lowest BCUT2D eigenvalue weighted by Gasteiger charge is -2.30. The summed E-state index contributed by atoms with van der Waals surface area (Å²) in [4.78, 5) is 14.6. The zero-order valence-electron chi connectivity index (χ0n) is 15.9. The number of rotatable bonds is 6. The third-order valence-electron chi connectivity index (χ3n) is 5.00. The van der Waals surface area contributed by atoms with Crippen molar-refractivity contribution in [3.05, 3.63) is 58.1 Å². The first-order valence-electron chi connectivity index (χ1n) is 9.02. The number of nitrogens with one attached hydrogen (secondary N) is 1. The van der Waals surface area contributed by atoms with Crippen molar-refractivity contribution in [1.29, 1.82) is 0 Å². The van der Waals surface area contributed by atoms with Gasteiger partial charge in [-0.1, -0.05) is 29.8 Å². The van der Waals surface area contributed by atoms with Gasteiger partial charge in [-0.25, -0.2) is 0 Å². The first kappa shape index (κ1) is 19.5. The summed E-state index contributed by atoms with van der Waals surface area (Å²) in [5.74, 6) is 1.50. The van der Waals surface area contributed by atoms with Crippen molar-refractivity contribution in [2.75, 3.05) is 27.3 Å². The van der Waals surface area contributed by atoms with Crippen molar-refractivity contribution in [3.8, 4) is 11.5 Å². The van der Waals surface area contributed by atoms with Gasteiger partial charge >= 0.3 is 0 Å². The summed E-state index contributed by atoms with van der Waals surface area (Å²) in [5, 5.41) is 3.99. The van der Waals surface area contributed by atoms with Crippen molar-refractivity contribution in [1.82, 2.24) is 10.2 Å². The molecule has 1 N–H and O–H groups in total. The van der Waals surface area contributed by atoms with Crippen molar-refractivity contribution in [2.45, 2.75) is 25.9 Å². The van der Waals surface area contributed by atoms with E-state index in [1.807, 2.05) is 48.2 Å². The zero-order valence-corrected chi connectivity index (χ0v) is 16.7. The molecule has 0 aliphatic carbocycles. The molecule has 144 valence electrons. The van der Waals surface area contributed by atoms with Crippen molar-refractivity contribution < 1.29 is 14.3 Å². The molecule has 0 unspecified atom stereocenters. The number of methoxy groups -OCH3 is 2. The van der Waals surface area contributed by atoms with E-state index in [0.717, 1.165) is 23.3 Å². The average molecular weight is 389 g/mol. The fourth-order valence-electron chi connectivity index (χ4n) is 3.38.